The number of nitrogens with one attached hydrogen (secondary N) is 1. The van der Waals surface area contributed by atoms with E-state index in [9.17, 15) is 4.79 Å². The Hall–Kier alpha value is -4.04. The highest BCUT2D eigenvalue weighted by atomic mass is 32.2. The maximum absolute atomic E-state index is 13.1. The van der Waals surface area contributed by atoms with Gasteiger partial charge >= 0.3 is 0 Å². The lowest BCUT2D eigenvalue weighted by Crippen LogP contribution is -2.23. The first-order valence-corrected chi connectivity index (χ1v) is 12.0. The van der Waals surface area contributed by atoms with Crippen molar-refractivity contribution in [3.05, 3.63) is 79.4 Å². The van der Waals surface area contributed by atoms with E-state index in [4.69, 9.17) is 9.15 Å². The van der Waals surface area contributed by atoms with Crippen LogP contribution in [0.25, 0.3) is 33.3 Å². The largest absolute Gasteiger partial charge is 0.495 e. The molecule has 8 heteroatoms. The number of hydrogen-bond acceptors (Lipinski definition) is 6. The lowest BCUT2D eigenvalue weighted by molar-refractivity contribution is -0.115. The molecule has 0 saturated carbocycles. The predicted molar refractivity (Wildman–Crippen MR) is 140 cm³/mol. The summed E-state index contributed by atoms with van der Waals surface area (Å²) < 4.78 is 13.5. The highest BCUT2D eigenvalue weighted by Gasteiger charge is 2.22. The Morgan fingerprint density at radius 3 is 2.66 bits per heavy atom. The van der Waals surface area contributed by atoms with Crippen molar-refractivity contribution in [2.24, 2.45) is 0 Å². The van der Waals surface area contributed by atoms with Crippen LogP contribution in [0.3, 0.4) is 0 Å². The van der Waals surface area contributed by atoms with Gasteiger partial charge in [0.1, 0.15) is 16.9 Å². The summed E-state index contributed by atoms with van der Waals surface area (Å²) >= 11 is 1.34. The van der Waals surface area contributed by atoms with Crippen molar-refractivity contribution < 1.29 is 13.9 Å². The number of carbonyl (C=O) groups excluding carboxylic acids is 1. The molecule has 0 saturated heterocycles. The Labute approximate surface area is 206 Å². The van der Waals surface area contributed by atoms with Crippen molar-refractivity contribution in [3.63, 3.8) is 0 Å². The maximum atomic E-state index is 13.1. The third-order valence-electron chi connectivity index (χ3n) is 5.67. The molecule has 3 aromatic carbocycles. The molecular weight excluding hydrogens is 460 g/mol. The molecule has 0 radical (unpaired) electrons. The highest BCUT2D eigenvalue weighted by Crippen LogP contribution is 2.37. The summed E-state index contributed by atoms with van der Waals surface area (Å²) in [6.45, 7) is 6.22. The van der Waals surface area contributed by atoms with Gasteiger partial charge in [0, 0.05) is 28.9 Å². The molecule has 176 valence electrons. The first-order chi connectivity index (χ1) is 17.1. The van der Waals surface area contributed by atoms with E-state index >= 15 is 0 Å². The zero-order chi connectivity index (χ0) is 24.4. The Bertz CT molecular complexity index is 1520. The van der Waals surface area contributed by atoms with Crippen molar-refractivity contribution >= 4 is 45.3 Å². The van der Waals surface area contributed by atoms with Gasteiger partial charge in [0.25, 0.3) is 0 Å². The lowest BCUT2D eigenvalue weighted by atomic mass is 10.1. The normalized spacial score (nSPS) is 12.1. The summed E-state index contributed by atoms with van der Waals surface area (Å²) in [7, 11) is 1.58. The summed E-state index contributed by atoms with van der Waals surface area (Å²) in [5.41, 5.74) is 2.97. The molecule has 7 nitrogen and oxygen atoms in total. The zero-order valence-electron chi connectivity index (χ0n) is 19.4. The molecule has 1 N–H and O–H groups in total. The molecule has 0 fully saturated rings. The number of fused-ring (bicyclic) bond motifs is 3. The number of amides is 1. The average molecular weight is 485 g/mol. The molecule has 0 aliphatic carbocycles. The number of nitrogens with zero attached hydrogens (tertiary/aromatic N) is 3. The zero-order valence-corrected chi connectivity index (χ0v) is 20.2. The highest BCUT2D eigenvalue weighted by molar-refractivity contribution is 8.00. The number of aromatic nitrogens is 3. The number of anilines is 1. The molecule has 5 rings (SSSR count). The maximum Gasteiger partial charge on any atom is 0.237 e. The van der Waals surface area contributed by atoms with Gasteiger partial charge in [-0.1, -0.05) is 66.4 Å². The Morgan fingerprint density at radius 2 is 1.89 bits per heavy atom. The van der Waals surface area contributed by atoms with Gasteiger partial charge in [-0.15, -0.1) is 16.8 Å². The topological polar surface area (TPSA) is 82.2 Å². The van der Waals surface area contributed by atoms with Crippen LogP contribution in [0.1, 0.15) is 6.92 Å². The minimum Gasteiger partial charge on any atom is -0.495 e. The van der Waals surface area contributed by atoms with Crippen LogP contribution >= 0.6 is 11.8 Å². The number of carbonyl (C=O) groups is 1. The number of hydrogen-bond donors (Lipinski definition) is 1. The lowest BCUT2D eigenvalue weighted by Gasteiger charge is -2.15. The fourth-order valence-electron chi connectivity index (χ4n) is 3.93. The van der Waals surface area contributed by atoms with Crippen molar-refractivity contribution in [1.82, 2.24) is 14.8 Å². The van der Waals surface area contributed by atoms with Gasteiger partial charge < -0.3 is 14.5 Å². The van der Waals surface area contributed by atoms with E-state index in [1.165, 1.54) is 11.8 Å². The molecule has 2 heterocycles. The van der Waals surface area contributed by atoms with Gasteiger partial charge in [-0.2, -0.15) is 0 Å². The van der Waals surface area contributed by atoms with Crippen LogP contribution in [0.2, 0.25) is 0 Å². The fraction of sp³-hybridized carbons (Fsp3) is 0.148. The van der Waals surface area contributed by atoms with Gasteiger partial charge in [0.15, 0.2) is 11.0 Å². The monoisotopic (exact) mass is 484 g/mol. The number of para-hydroxylation sites is 1. The number of ether oxygens (including phenoxy) is 1. The fourth-order valence-corrected chi connectivity index (χ4v) is 4.79. The third kappa shape index (κ3) is 4.40. The molecule has 0 bridgehead atoms. The summed E-state index contributed by atoms with van der Waals surface area (Å²) in [4.78, 5) is 13.1. The van der Waals surface area contributed by atoms with Gasteiger partial charge in [-0.3, -0.25) is 9.36 Å². The van der Waals surface area contributed by atoms with Gasteiger partial charge in [-0.05, 0) is 19.1 Å². The number of thioether (sulfide) groups is 1. The molecule has 2 aromatic heterocycles. The first-order valence-electron chi connectivity index (χ1n) is 11.2. The van der Waals surface area contributed by atoms with Crippen molar-refractivity contribution in [3.8, 4) is 17.1 Å². The van der Waals surface area contributed by atoms with Crippen LogP contribution in [0.15, 0.2) is 89.0 Å². The minimum atomic E-state index is -0.442. The number of allylic oxidation sites excluding steroid dienone is 1. The van der Waals surface area contributed by atoms with Gasteiger partial charge in [0.2, 0.25) is 5.91 Å². The predicted octanol–water partition coefficient (Wildman–Crippen LogP) is 6.16. The van der Waals surface area contributed by atoms with E-state index in [1.807, 2.05) is 72.2 Å². The van der Waals surface area contributed by atoms with Crippen LogP contribution in [-0.4, -0.2) is 33.0 Å². The number of benzene rings is 3. The van der Waals surface area contributed by atoms with E-state index in [1.54, 1.807) is 19.3 Å². The van der Waals surface area contributed by atoms with E-state index in [2.05, 4.69) is 22.1 Å². The van der Waals surface area contributed by atoms with Crippen molar-refractivity contribution in [1.29, 1.82) is 0 Å². The Morgan fingerprint density at radius 1 is 1.11 bits per heavy atom. The van der Waals surface area contributed by atoms with E-state index in [0.717, 1.165) is 27.7 Å². The summed E-state index contributed by atoms with van der Waals surface area (Å²) in [5, 5.41) is 13.8. The van der Waals surface area contributed by atoms with E-state index in [0.29, 0.717) is 28.7 Å². The molecule has 1 unspecified atom stereocenters. The SMILES string of the molecule is C=CCn1c(SC(C)C(=O)Nc2cc3oc4ccccc4c3cc2OC)nnc1-c1ccccc1. The molecule has 0 spiro atoms. The Kier molecular flexibility index (Phi) is 6.29. The van der Waals surface area contributed by atoms with Crippen molar-refractivity contribution in [2.45, 2.75) is 23.9 Å². The van der Waals surface area contributed by atoms with Crippen LogP contribution in [-0.2, 0) is 11.3 Å². The summed E-state index contributed by atoms with van der Waals surface area (Å²) in [5.74, 6) is 1.12. The molecule has 1 amide bonds. The number of rotatable bonds is 8. The molecule has 5 aromatic rings. The first kappa shape index (κ1) is 22.7. The molecule has 0 aliphatic heterocycles. The second kappa shape index (κ2) is 9.68. The molecule has 1 atom stereocenters. The van der Waals surface area contributed by atoms with Gasteiger partial charge in [-0.25, -0.2) is 0 Å². The van der Waals surface area contributed by atoms with Crippen LogP contribution in [0, 0.1) is 0 Å². The molecule has 35 heavy (non-hydrogen) atoms. The third-order valence-corrected chi connectivity index (χ3v) is 6.75. The van der Waals surface area contributed by atoms with Gasteiger partial charge in [0.05, 0.1) is 18.0 Å². The quantitative estimate of drug-likeness (QED) is 0.210. The smallest absolute Gasteiger partial charge is 0.237 e. The second-order valence-electron chi connectivity index (χ2n) is 7.97. The number of methoxy groups -OCH3 is 1. The van der Waals surface area contributed by atoms with E-state index in [-0.39, 0.29) is 5.91 Å². The standard InChI is InChI=1S/C27H24N4O3S/c1-4-14-31-25(18-10-6-5-7-11-18)29-30-27(31)35-17(2)26(32)28-21-16-23-20(15-24(21)33-3)19-12-8-9-13-22(19)34-23/h4-13,15-17H,1,14H2,2-3H3,(H,28,32). The average Bonchev–Trinajstić information content (AvgIpc) is 3.44. The van der Waals surface area contributed by atoms with Crippen LogP contribution in [0.5, 0.6) is 5.75 Å². The van der Waals surface area contributed by atoms with Crippen LogP contribution < -0.4 is 10.1 Å². The van der Waals surface area contributed by atoms with E-state index < -0.39 is 5.25 Å². The number of furan rings is 1. The van der Waals surface area contributed by atoms with Crippen LogP contribution in [0.4, 0.5) is 5.69 Å². The second-order valence-corrected chi connectivity index (χ2v) is 9.28. The Balaban J connectivity index is 1.39. The van der Waals surface area contributed by atoms with Crippen molar-refractivity contribution in [2.75, 3.05) is 12.4 Å². The summed E-state index contributed by atoms with van der Waals surface area (Å²) in [6, 6.07) is 21.3. The molecule has 0 aliphatic rings. The summed E-state index contributed by atoms with van der Waals surface area (Å²) in [6.07, 6.45) is 1.79. The molecular formula is C27H24N4O3S. The minimum absolute atomic E-state index is 0.182.